The Balaban J connectivity index is 0.00000196. The number of hydrogen-bond acceptors (Lipinski definition) is 4. The van der Waals surface area contributed by atoms with Crippen molar-refractivity contribution in [1.82, 2.24) is 4.90 Å². The normalized spacial score (nSPS) is 22.2. The van der Waals surface area contributed by atoms with Gasteiger partial charge in [-0.25, -0.2) is 0 Å². The van der Waals surface area contributed by atoms with E-state index in [1.807, 2.05) is 60.7 Å². The lowest BCUT2D eigenvalue weighted by Crippen LogP contribution is -2.36. The Morgan fingerprint density at radius 2 is 1.57 bits per heavy atom. The number of rotatable bonds is 8. The highest BCUT2D eigenvalue weighted by molar-refractivity contribution is 5.85. The number of hydrogen-bond donors (Lipinski definition) is 1. The highest BCUT2D eigenvalue weighted by Crippen LogP contribution is 2.36. The Bertz CT molecular complexity index is 715. The molecule has 1 heterocycles. The molecule has 0 radical (unpaired) electrons. The fraction of sp³-hybridized carbons (Fsp3) is 0.409. The summed E-state index contributed by atoms with van der Waals surface area (Å²) in [5.74, 6) is 0.268. The molecule has 0 aliphatic carbocycles. The first kappa shape index (κ1) is 24.4. The van der Waals surface area contributed by atoms with Crippen molar-refractivity contribution in [2.45, 2.75) is 51.5 Å². The van der Waals surface area contributed by atoms with Crippen LogP contribution in [-0.4, -0.2) is 29.1 Å². The average molecular weight is 425 g/mol. The molecule has 5 atom stereocenters. The van der Waals surface area contributed by atoms with Crippen molar-refractivity contribution in [1.29, 1.82) is 0 Å². The highest BCUT2D eigenvalue weighted by atomic mass is 35.5. The summed E-state index contributed by atoms with van der Waals surface area (Å²) in [6.07, 6.45) is 1.60. The second kappa shape index (κ2) is 11.4. The minimum atomic E-state index is -0.338. The molecule has 2 aromatic rings. The molecule has 28 heavy (non-hydrogen) atoms. The Morgan fingerprint density at radius 1 is 1.04 bits per heavy atom. The van der Waals surface area contributed by atoms with Crippen molar-refractivity contribution in [3.8, 4) is 0 Å². The second-order valence-corrected chi connectivity index (χ2v) is 7.11. The van der Waals surface area contributed by atoms with Gasteiger partial charge in [-0.05, 0) is 23.5 Å². The maximum Gasteiger partial charge on any atom is 0.324 e. The largest absolute Gasteiger partial charge is 0.460 e. The lowest BCUT2D eigenvalue weighted by atomic mass is 10.0. The van der Waals surface area contributed by atoms with Gasteiger partial charge in [0.1, 0.15) is 12.6 Å². The van der Waals surface area contributed by atoms with E-state index in [2.05, 4.69) is 18.7 Å². The summed E-state index contributed by atoms with van der Waals surface area (Å²) < 4.78 is 5.64. The fourth-order valence-corrected chi connectivity index (χ4v) is 3.55. The first-order chi connectivity index (χ1) is 12.6. The zero-order chi connectivity index (χ0) is 18.5. The number of nitrogens with two attached hydrogens (primary N) is 1. The molecule has 4 unspecified atom stereocenters. The molecule has 4 nitrogen and oxygen atoms in total. The van der Waals surface area contributed by atoms with Crippen LogP contribution in [-0.2, 0) is 22.6 Å². The van der Waals surface area contributed by atoms with Crippen LogP contribution in [0, 0.1) is 5.92 Å². The molecule has 1 aliphatic rings. The molecule has 1 aliphatic heterocycles. The summed E-state index contributed by atoms with van der Waals surface area (Å²) in [5.41, 5.74) is 8.42. The van der Waals surface area contributed by atoms with E-state index in [9.17, 15) is 4.79 Å². The second-order valence-electron chi connectivity index (χ2n) is 7.11. The molecule has 154 valence electrons. The standard InChI is InChI=1S/C22H28N2O2.2ClH/c1-3-16(2)20-21(23)24(20)19(14-17-10-6-4-7-11-17)22(25)26-15-18-12-8-5-9-13-18;;/h4-13,16,19-21H,3,14-15,23H2,1-2H3;2*1H/t16?,19-,20?,21?,24?;;/m0../s1. The van der Waals surface area contributed by atoms with Crippen LogP contribution >= 0.6 is 24.8 Å². The fourth-order valence-electron chi connectivity index (χ4n) is 3.55. The molecule has 1 fully saturated rings. The van der Waals surface area contributed by atoms with Crippen molar-refractivity contribution in [3.05, 3.63) is 71.8 Å². The first-order valence-electron chi connectivity index (χ1n) is 9.39. The summed E-state index contributed by atoms with van der Waals surface area (Å²) in [5, 5.41) is 0. The third-order valence-electron chi connectivity index (χ3n) is 5.30. The third kappa shape index (κ3) is 5.95. The van der Waals surface area contributed by atoms with Crippen LogP contribution in [0.2, 0.25) is 0 Å². The molecular weight excluding hydrogens is 395 g/mol. The summed E-state index contributed by atoms with van der Waals surface area (Å²) in [4.78, 5) is 15.0. The van der Waals surface area contributed by atoms with Gasteiger partial charge in [-0.2, -0.15) is 0 Å². The van der Waals surface area contributed by atoms with Gasteiger partial charge < -0.3 is 10.5 Å². The number of benzene rings is 2. The van der Waals surface area contributed by atoms with E-state index in [0.717, 1.165) is 17.5 Å². The summed E-state index contributed by atoms with van der Waals surface area (Å²) in [6, 6.07) is 19.8. The number of carbonyl (C=O) groups excluding carboxylic acids is 1. The Kier molecular flexibility index (Phi) is 9.97. The van der Waals surface area contributed by atoms with Crippen molar-refractivity contribution in [2.24, 2.45) is 11.7 Å². The molecule has 6 heteroatoms. The van der Waals surface area contributed by atoms with Gasteiger partial charge in [0.25, 0.3) is 0 Å². The maximum atomic E-state index is 12.9. The van der Waals surface area contributed by atoms with Gasteiger partial charge >= 0.3 is 5.97 Å². The number of halogens is 2. The van der Waals surface area contributed by atoms with Crippen LogP contribution < -0.4 is 5.73 Å². The number of nitrogens with zero attached hydrogens (tertiary/aromatic N) is 1. The van der Waals surface area contributed by atoms with Crippen LogP contribution in [0.1, 0.15) is 31.4 Å². The van der Waals surface area contributed by atoms with Gasteiger partial charge in [0.2, 0.25) is 0 Å². The van der Waals surface area contributed by atoms with Crippen molar-refractivity contribution < 1.29 is 9.53 Å². The predicted molar refractivity (Wildman–Crippen MR) is 118 cm³/mol. The minimum absolute atomic E-state index is 0. The number of ether oxygens (including phenoxy) is 1. The Morgan fingerprint density at radius 3 is 2.11 bits per heavy atom. The zero-order valence-electron chi connectivity index (χ0n) is 16.4. The van der Waals surface area contributed by atoms with E-state index in [1.165, 1.54) is 0 Å². The zero-order valence-corrected chi connectivity index (χ0v) is 18.0. The van der Waals surface area contributed by atoms with Crippen molar-refractivity contribution in [2.75, 3.05) is 0 Å². The van der Waals surface area contributed by atoms with Crippen LogP contribution in [0.5, 0.6) is 0 Å². The van der Waals surface area contributed by atoms with E-state index in [-0.39, 0.29) is 49.0 Å². The van der Waals surface area contributed by atoms with Gasteiger partial charge in [-0.15, -0.1) is 24.8 Å². The van der Waals surface area contributed by atoms with Gasteiger partial charge in [-0.3, -0.25) is 9.69 Å². The molecule has 0 amide bonds. The minimum Gasteiger partial charge on any atom is -0.460 e. The molecular formula is C22H30Cl2N2O2. The van der Waals surface area contributed by atoms with Gasteiger partial charge in [0.15, 0.2) is 0 Å². The van der Waals surface area contributed by atoms with E-state index < -0.39 is 0 Å². The lowest BCUT2D eigenvalue weighted by Gasteiger charge is -2.20. The summed E-state index contributed by atoms with van der Waals surface area (Å²) in [6.45, 7) is 4.65. The van der Waals surface area contributed by atoms with E-state index in [0.29, 0.717) is 18.9 Å². The Labute approximate surface area is 180 Å². The van der Waals surface area contributed by atoms with Crippen LogP contribution in [0.25, 0.3) is 0 Å². The van der Waals surface area contributed by atoms with Crippen LogP contribution in [0.15, 0.2) is 60.7 Å². The van der Waals surface area contributed by atoms with Crippen LogP contribution in [0.3, 0.4) is 0 Å². The van der Waals surface area contributed by atoms with Crippen molar-refractivity contribution in [3.63, 3.8) is 0 Å². The van der Waals surface area contributed by atoms with Crippen molar-refractivity contribution >= 4 is 30.8 Å². The Hall–Kier alpha value is -1.59. The van der Waals surface area contributed by atoms with Gasteiger partial charge in [-0.1, -0.05) is 80.9 Å². The smallest absolute Gasteiger partial charge is 0.324 e. The third-order valence-corrected chi connectivity index (χ3v) is 5.30. The molecule has 3 rings (SSSR count). The highest BCUT2D eigenvalue weighted by Gasteiger charge is 2.53. The van der Waals surface area contributed by atoms with Gasteiger partial charge in [0, 0.05) is 6.04 Å². The first-order valence-corrected chi connectivity index (χ1v) is 9.39. The van der Waals surface area contributed by atoms with E-state index in [4.69, 9.17) is 10.5 Å². The quantitative estimate of drug-likeness (QED) is 0.509. The molecule has 0 saturated carbocycles. The van der Waals surface area contributed by atoms with E-state index >= 15 is 0 Å². The molecule has 1 saturated heterocycles. The monoisotopic (exact) mass is 424 g/mol. The molecule has 2 N–H and O–H groups in total. The van der Waals surface area contributed by atoms with Crippen LogP contribution in [0.4, 0.5) is 0 Å². The molecule has 0 bridgehead atoms. The molecule has 0 spiro atoms. The number of carbonyl (C=O) groups is 1. The average Bonchev–Trinajstić information content (AvgIpc) is 3.35. The summed E-state index contributed by atoms with van der Waals surface area (Å²) in [7, 11) is 0. The summed E-state index contributed by atoms with van der Waals surface area (Å²) >= 11 is 0. The SMILES string of the molecule is CCC(C)C1C(N)N1[C@@H](Cc1ccccc1)C(=O)OCc1ccccc1.Cl.Cl. The topological polar surface area (TPSA) is 55.3 Å². The lowest BCUT2D eigenvalue weighted by molar-refractivity contribution is -0.149. The van der Waals surface area contributed by atoms with E-state index in [1.54, 1.807) is 0 Å². The maximum absolute atomic E-state index is 12.9. The number of esters is 1. The molecule has 0 aromatic heterocycles. The molecule has 2 aromatic carbocycles. The van der Waals surface area contributed by atoms with Gasteiger partial charge in [0.05, 0.1) is 6.17 Å². The predicted octanol–water partition coefficient (Wildman–Crippen LogP) is 4.20.